The number of aromatic nitrogens is 3. The number of aliphatic hydroxyl groups is 1. The number of nitrogens with zero attached hydrogens (tertiary/aromatic N) is 5. The van der Waals surface area contributed by atoms with E-state index in [2.05, 4.69) is 20.7 Å². The van der Waals surface area contributed by atoms with Gasteiger partial charge in [-0.25, -0.2) is 22.7 Å². The van der Waals surface area contributed by atoms with Gasteiger partial charge in [0.15, 0.2) is 17.2 Å². The highest BCUT2D eigenvalue weighted by atomic mass is 19.1. The Kier molecular flexibility index (Phi) is 8.10. The summed E-state index contributed by atoms with van der Waals surface area (Å²) in [6.07, 6.45) is 1.66. The molecule has 13 heteroatoms. The first kappa shape index (κ1) is 28.8. The Hall–Kier alpha value is -4.33. The molecule has 2 fully saturated rings. The highest BCUT2D eigenvalue weighted by Crippen LogP contribution is 2.40. The minimum atomic E-state index is -1.35. The molecular weight excluding hydrogens is 563 g/mol. The van der Waals surface area contributed by atoms with Crippen LogP contribution in [0, 0.1) is 11.6 Å². The molecule has 2 aliphatic heterocycles. The summed E-state index contributed by atoms with van der Waals surface area (Å²) >= 11 is 0. The van der Waals surface area contributed by atoms with E-state index in [0.717, 1.165) is 30.3 Å². The first-order valence-electron chi connectivity index (χ1n) is 14.0. The summed E-state index contributed by atoms with van der Waals surface area (Å²) in [5.74, 6) is -2.00. The third-order valence-electron chi connectivity index (χ3n) is 7.92. The van der Waals surface area contributed by atoms with Crippen molar-refractivity contribution in [1.82, 2.24) is 24.8 Å². The number of nitrogens with one attached hydrogen (secondary N) is 2. The highest BCUT2D eigenvalue weighted by molar-refractivity contribution is 6.12. The number of fused-ring (bicyclic) bond motifs is 1. The molecule has 4 heterocycles. The van der Waals surface area contributed by atoms with Crippen molar-refractivity contribution in [3.8, 4) is 0 Å². The number of anilines is 2. The van der Waals surface area contributed by atoms with Crippen molar-refractivity contribution < 1.29 is 27.9 Å². The summed E-state index contributed by atoms with van der Waals surface area (Å²) in [5, 5.41) is 19.9. The van der Waals surface area contributed by atoms with Gasteiger partial charge in [-0.05, 0) is 42.0 Å². The molecule has 4 aromatic rings. The number of rotatable bonds is 8. The van der Waals surface area contributed by atoms with E-state index in [9.17, 15) is 27.9 Å². The molecule has 1 amide bonds. The first-order chi connectivity index (χ1) is 20.8. The molecule has 2 aromatic carbocycles. The fraction of sp³-hybridized carbons (Fsp3) is 0.333. The average molecular weight is 594 g/mol. The van der Waals surface area contributed by atoms with Crippen LogP contribution < -0.4 is 15.5 Å². The molecule has 0 bridgehead atoms. The topological polar surface area (TPSA) is 115 Å². The van der Waals surface area contributed by atoms with E-state index in [0.29, 0.717) is 25.3 Å². The summed E-state index contributed by atoms with van der Waals surface area (Å²) in [4.78, 5) is 33.7. The maximum atomic E-state index is 14.8. The SMILES string of the molecule is O=C(Nc1ccc(CN2CCNCC2C(=O)CO)cc1)c1c(N2C[C@@H](F)C[C@@H]2c2cc(F)ccc2F)nn2cccnc12. The summed E-state index contributed by atoms with van der Waals surface area (Å²) in [5.41, 5.74) is 1.69. The van der Waals surface area contributed by atoms with Gasteiger partial charge < -0.3 is 20.6 Å². The fourth-order valence-electron chi connectivity index (χ4n) is 5.84. The van der Waals surface area contributed by atoms with Crippen molar-refractivity contribution in [2.75, 3.05) is 43.0 Å². The number of benzene rings is 2. The summed E-state index contributed by atoms with van der Waals surface area (Å²) in [6.45, 7) is 1.66. The van der Waals surface area contributed by atoms with Gasteiger partial charge in [0.05, 0.1) is 18.6 Å². The van der Waals surface area contributed by atoms with Crippen LogP contribution in [0.5, 0.6) is 0 Å². The van der Waals surface area contributed by atoms with Crippen molar-refractivity contribution in [3.63, 3.8) is 0 Å². The standard InChI is InChI=1S/C30H30F3N7O3/c31-19-4-7-23(33)22(12-19)24-13-20(32)16-39(24)29-27(28-35-8-1-10-40(28)37-29)30(43)36-21-5-2-18(3-6-21)15-38-11-9-34-14-25(38)26(42)17-41/h1-8,10,12,20,24-25,34,41H,9,11,13-17H2,(H,36,43)/t20-,24+,25?/m0/s1. The second kappa shape index (κ2) is 12.1. The van der Waals surface area contributed by atoms with E-state index in [1.54, 1.807) is 24.4 Å². The Balaban J connectivity index is 1.26. The maximum absolute atomic E-state index is 14.8. The Labute approximate surface area is 245 Å². The van der Waals surface area contributed by atoms with Gasteiger partial charge in [0, 0.05) is 56.2 Å². The number of alkyl halides is 1. The van der Waals surface area contributed by atoms with Gasteiger partial charge in [0.25, 0.3) is 5.91 Å². The fourth-order valence-corrected chi connectivity index (χ4v) is 5.84. The summed E-state index contributed by atoms with van der Waals surface area (Å²) in [6, 6.07) is 10.5. The van der Waals surface area contributed by atoms with E-state index >= 15 is 0 Å². The monoisotopic (exact) mass is 593 g/mol. The van der Waals surface area contributed by atoms with Crippen LogP contribution in [0.1, 0.15) is 33.9 Å². The lowest BCUT2D eigenvalue weighted by atomic mass is 10.0. The number of Topliss-reactive ketones (excluding diaryl/α,β-unsaturated/α-hetero) is 1. The van der Waals surface area contributed by atoms with Crippen LogP contribution in [0.2, 0.25) is 0 Å². The number of carbonyl (C=O) groups is 2. The number of hydrogen-bond acceptors (Lipinski definition) is 8. The third-order valence-corrected chi connectivity index (χ3v) is 7.92. The van der Waals surface area contributed by atoms with Crippen molar-refractivity contribution in [3.05, 3.63) is 89.2 Å². The van der Waals surface area contributed by atoms with Crippen molar-refractivity contribution >= 4 is 28.8 Å². The number of ketones is 1. The normalized spacial score (nSPS) is 20.9. The zero-order valence-electron chi connectivity index (χ0n) is 23.1. The minimum Gasteiger partial charge on any atom is -0.389 e. The van der Waals surface area contributed by atoms with Crippen LogP contribution in [0.25, 0.3) is 5.65 Å². The molecule has 10 nitrogen and oxygen atoms in total. The first-order valence-corrected chi connectivity index (χ1v) is 14.0. The van der Waals surface area contributed by atoms with Gasteiger partial charge in [0.1, 0.15) is 30.0 Å². The minimum absolute atomic E-state index is 0.0143. The predicted molar refractivity (Wildman–Crippen MR) is 153 cm³/mol. The molecular formula is C30H30F3N7O3. The van der Waals surface area contributed by atoms with E-state index in [1.807, 2.05) is 17.0 Å². The van der Waals surface area contributed by atoms with Crippen LogP contribution in [-0.4, -0.2) is 81.3 Å². The quantitative estimate of drug-likeness (QED) is 0.286. The zero-order valence-corrected chi connectivity index (χ0v) is 23.1. The highest BCUT2D eigenvalue weighted by Gasteiger charge is 2.39. The van der Waals surface area contributed by atoms with Gasteiger partial charge in [-0.15, -0.1) is 5.10 Å². The predicted octanol–water partition coefficient (Wildman–Crippen LogP) is 2.88. The number of halogens is 3. The molecule has 0 aliphatic carbocycles. The van der Waals surface area contributed by atoms with Crippen molar-refractivity contribution in [2.24, 2.45) is 0 Å². The molecule has 0 spiro atoms. The Bertz CT molecular complexity index is 1650. The van der Waals surface area contributed by atoms with Gasteiger partial charge in [-0.2, -0.15) is 0 Å². The lowest BCUT2D eigenvalue weighted by molar-refractivity contribution is -0.127. The number of aliphatic hydroxyl groups excluding tert-OH is 1. The zero-order chi connectivity index (χ0) is 30.1. The van der Waals surface area contributed by atoms with Gasteiger partial charge in [-0.3, -0.25) is 14.5 Å². The number of hydrogen-bond donors (Lipinski definition) is 3. The van der Waals surface area contributed by atoms with Crippen LogP contribution in [-0.2, 0) is 11.3 Å². The molecule has 2 aliphatic rings. The molecule has 6 rings (SSSR count). The third kappa shape index (κ3) is 5.83. The Morgan fingerprint density at radius 1 is 1.14 bits per heavy atom. The summed E-state index contributed by atoms with van der Waals surface area (Å²) in [7, 11) is 0. The lowest BCUT2D eigenvalue weighted by Crippen LogP contribution is -2.55. The molecule has 3 N–H and O–H groups in total. The molecule has 43 heavy (non-hydrogen) atoms. The Morgan fingerprint density at radius 2 is 1.95 bits per heavy atom. The Morgan fingerprint density at radius 3 is 2.74 bits per heavy atom. The lowest BCUT2D eigenvalue weighted by Gasteiger charge is -2.34. The smallest absolute Gasteiger partial charge is 0.263 e. The van der Waals surface area contributed by atoms with Crippen LogP contribution >= 0.6 is 0 Å². The average Bonchev–Trinajstić information content (AvgIpc) is 3.59. The largest absolute Gasteiger partial charge is 0.389 e. The number of amides is 1. The number of carbonyl (C=O) groups excluding carboxylic acids is 2. The molecule has 3 atom stereocenters. The van der Waals surface area contributed by atoms with Crippen LogP contribution in [0.3, 0.4) is 0 Å². The summed E-state index contributed by atoms with van der Waals surface area (Å²) < 4.78 is 45.1. The molecule has 2 aromatic heterocycles. The van der Waals surface area contributed by atoms with E-state index < -0.39 is 42.4 Å². The molecule has 0 radical (unpaired) electrons. The molecule has 1 unspecified atom stereocenters. The van der Waals surface area contributed by atoms with Crippen LogP contribution in [0.4, 0.5) is 24.7 Å². The maximum Gasteiger partial charge on any atom is 0.263 e. The van der Waals surface area contributed by atoms with Crippen LogP contribution in [0.15, 0.2) is 60.9 Å². The number of piperazine rings is 1. The van der Waals surface area contributed by atoms with Crippen molar-refractivity contribution in [1.29, 1.82) is 0 Å². The van der Waals surface area contributed by atoms with Gasteiger partial charge >= 0.3 is 0 Å². The second-order valence-electron chi connectivity index (χ2n) is 10.7. The molecule has 224 valence electrons. The van der Waals surface area contributed by atoms with E-state index in [4.69, 9.17) is 0 Å². The van der Waals surface area contributed by atoms with E-state index in [-0.39, 0.29) is 41.3 Å². The molecule has 2 saturated heterocycles. The van der Waals surface area contributed by atoms with E-state index in [1.165, 1.54) is 15.6 Å². The van der Waals surface area contributed by atoms with Gasteiger partial charge in [-0.1, -0.05) is 12.1 Å². The van der Waals surface area contributed by atoms with Crippen molar-refractivity contribution in [2.45, 2.75) is 31.2 Å². The molecule has 0 saturated carbocycles. The second-order valence-corrected chi connectivity index (χ2v) is 10.7. The van der Waals surface area contributed by atoms with Gasteiger partial charge in [0.2, 0.25) is 0 Å².